The Morgan fingerprint density at radius 2 is 2.13 bits per heavy atom. The van der Waals surface area contributed by atoms with E-state index in [1.807, 2.05) is 5.32 Å². The first-order chi connectivity index (χ1) is 6.79. The van der Waals surface area contributed by atoms with Crippen LogP contribution in [-0.2, 0) is 9.53 Å². The average molecular weight is 217 g/mol. The highest BCUT2D eigenvalue weighted by atomic mass is 16.5. The number of carbonyl (C=O) groups excluding carboxylic acids is 1. The van der Waals surface area contributed by atoms with Crippen LogP contribution in [0.15, 0.2) is 12.7 Å². The number of nitrogens with one attached hydrogen (secondary N) is 1. The summed E-state index contributed by atoms with van der Waals surface area (Å²) in [5, 5.41) is 20.2. The summed E-state index contributed by atoms with van der Waals surface area (Å²) in [5.74, 6) is -1.34. The molecule has 0 fully saturated rings. The summed E-state index contributed by atoms with van der Waals surface area (Å²) >= 11 is 0. The molecule has 0 aromatic rings. The van der Waals surface area contributed by atoms with Gasteiger partial charge in [-0.05, 0) is 13.8 Å². The van der Waals surface area contributed by atoms with Gasteiger partial charge >= 0.3 is 12.1 Å². The fourth-order valence-electron chi connectivity index (χ4n) is 0.835. The predicted molar refractivity (Wildman–Crippen MR) is 52.4 cm³/mol. The quantitative estimate of drug-likeness (QED) is 0.568. The number of aliphatic carboxylic acids is 1. The maximum atomic E-state index is 11.0. The van der Waals surface area contributed by atoms with E-state index in [0.29, 0.717) is 0 Å². The Morgan fingerprint density at radius 1 is 1.60 bits per heavy atom. The molecule has 0 saturated heterocycles. The second kappa shape index (κ2) is 5.35. The molecular weight excluding hydrogens is 202 g/mol. The molecule has 3 N–H and O–H groups in total. The van der Waals surface area contributed by atoms with Crippen molar-refractivity contribution in [1.82, 2.24) is 5.32 Å². The molecule has 0 spiro atoms. The van der Waals surface area contributed by atoms with Gasteiger partial charge in [-0.3, -0.25) is 0 Å². The Bertz CT molecular complexity index is 256. The number of ether oxygens (including phenoxy) is 1. The van der Waals surface area contributed by atoms with E-state index in [0.717, 1.165) is 0 Å². The number of carboxylic acids is 1. The van der Waals surface area contributed by atoms with Crippen molar-refractivity contribution in [2.24, 2.45) is 0 Å². The summed E-state index contributed by atoms with van der Waals surface area (Å²) in [7, 11) is 0. The third kappa shape index (κ3) is 5.02. The zero-order valence-corrected chi connectivity index (χ0v) is 8.69. The number of rotatable bonds is 5. The molecule has 0 saturated carbocycles. The second-order valence-corrected chi connectivity index (χ2v) is 3.46. The van der Waals surface area contributed by atoms with E-state index in [1.165, 1.54) is 19.9 Å². The summed E-state index contributed by atoms with van der Waals surface area (Å²) in [5.41, 5.74) is -1.57. The fraction of sp³-hybridized carbons (Fsp3) is 0.556. The summed E-state index contributed by atoms with van der Waals surface area (Å²) in [6.45, 7) is 5.86. The van der Waals surface area contributed by atoms with Gasteiger partial charge in [0, 0.05) is 0 Å². The molecule has 0 aromatic heterocycles. The molecule has 0 bridgehead atoms. The van der Waals surface area contributed by atoms with Gasteiger partial charge in [0.15, 0.2) is 6.04 Å². The van der Waals surface area contributed by atoms with Gasteiger partial charge in [0.2, 0.25) is 0 Å². The van der Waals surface area contributed by atoms with Crippen LogP contribution in [0.2, 0.25) is 0 Å². The van der Waals surface area contributed by atoms with Gasteiger partial charge in [0.25, 0.3) is 0 Å². The van der Waals surface area contributed by atoms with Crippen LogP contribution in [0.3, 0.4) is 0 Å². The SMILES string of the molecule is C=CCOC(=O)N[C@@H](C(=O)O)C(C)(C)O. The summed E-state index contributed by atoms with van der Waals surface area (Å²) in [6, 6.07) is -1.42. The number of carboxylic acid groups (broad SMARTS) is 1. The van der Waals surface area contributed by atoms with Crippen LogP contribution in [-0.4, -0.2) is 40.5 Å². The Hall–Kier alpha value is -1.56. The van der Waals surface area contributed by atoms with Gasteiger partial charge in [-0.15, -0.1) is 0 Å². The molecular formula is C9H15NO5. The maximum Gasteiger partial charge on any atom is 0.408 e. The Labute approximate surface area is 87.5 Å². The van der Waals surface area contributed by atoms with E-state index >= 15 is 0 Å². The van der Waals surface area contributed by atoms with Gasteiger partial charge in [-0.1, -0.05) is 12.7 Å². The molecule has 6 heteroatoms. The highest BCUT2D eigenvalue weighted by Gasteiger charge is 2.35. The van der Waals surface area contributed by atoms with Crippen LogP contribution in [0.4, 0.5) is 4.79 Å². The van der Waals surface area contributed by atoms with Crippen LogP contribution in [0.25, 0.3) is 0 Å². The first-order valence-corrected chi connectivity index (χ1v) is 4.28. The number of carbonyl (C=O) groups is 2. The van der Waals surface area contributed by atoms with Crippen LogP contribution in [0.5, 0.6) is 0 Å². The monoisotopic (exact) mass is 217 g/mol. The molecule has 0 heterocycles. The minimum absolute atomic E-state index is 0.0238. The lowest BCUT2D eigenvalue weighted by Gasteiger charge is -2.25. The van der Waals surface area contributed by atoms with E-state index in [-0.39, 0.29) is 6.61 Å². The Morgan fingerprint density at radius 3 is 2.47 bits per heavy atom. The average Bonchev–Trinajstić information content (AvgIpc) is 2.08. The summed E-state index contributed by atoms with van der Waals surface area (Å²) in [4.78, 5) is 21.7. The van der Waals surface area contributed by atoms with Crippen molar-refractivity contribution in [2.75, 3.05) is 6.61 Å². The third-order valence-corrected chi connectivity index (χ3v) is 1.55. The highest BCUT2D eigenvalue weighted by Crippen LogP contribution is 2.08. The fourth-order valence-corrected chi connectivity index (χ4v) is 0.835. The Balaban J connectivity index is 4.37. The minimum atomic E-state index is -1.57. The molecule has 0 aliphatic carbocycles. The molecule has 6 nitrogen and oxygen atoms in total. The molecule has 0 radical (unpaired) electrons. The smallest absolute Gasteiger partial charge is 0.408 e. The maximum absolute atomic E-state index is 11.0. The topological polar surface area (TPSA) is 95.9 Å². The summed E-state index contributed by atoms with van der Waals surface area (Å²) in [6.07, 6.45) is 0.434. The number of amides is 1. The van der Waals surface area contributed by atoms with Crippen LogP contribution < -0.4 is 5.32 Å². The number of hydrogen-bond donors (Lipinski definition) is 3. The van der Waals surface area contributed by atoms with Crippen molar-refractivity contribution in [3.63, 3.8) is 0 Å². The van der Waals surface area contributed by atoms with Crippen molar-refractivity contribution >= 4 is 12.1 Å². The largest absolute Gasteiger partial charge is 0.480 e. The molecule has 15 heavy (non-hydrogen) atoms. The summed E-state index contributed by atoms with van der Waals surface area (Å²) < 4.78 is 4.52. The lowest BCUT2D eigenvalue weighted by atomic mass is 9.99. The van der Waals surface area contributed by atoms with Crippen LogP contribution in [0.1, 0.15) is 13.8 Å². The van der Waals surface area contributed by atoms with E-state index < -0.39 is 23.7 Å². The molecule has 1 atom stereocenters. The normalized spacial score (nSPS) is 12.7. The molecule has 0 unspecified atom stereocenters. The zero-order valence-electron chi connectivity index (χ0n) is 8.69. The Kier molecular flexibility index (Phi) is 4.80. The van der Waals surface area contributed by atoms with Crippen molar-refractivity contribution in [1.29, 1.82) is 0 Å². The van der Waals surface area contributed by atoms with Crippen LogP contribution >= 0.6 is 0 Å². The lowest BCUT2D eigenvalue weighted by molar-refractivity contribution is -0.145. The minimum Gasteiger partial charge on any atom is -0.480 e. The molecule has 0 aliphatic rings. The van der Waals surface area contributed by atoms with Gasteiger partial charge in [0.05, 0.1) is 5.60 Å². The number of alkyl carbamates (subject to hydrolysis) is 1. The van der Waals surface area contributed by atoms with E-state index in [1.54, 1.807) is 0 Å². The van der Waals surface area contributed by atoms with E-state index in [2.05, 4.69) is 11.3 Å². The first kappa shape index (κ1) is 13.4. The van der Waals surface area contributed by atoms with Gasteiger partial charge in [0.1, 0.15) is 6.61 Å². The van der Waals surface area contributed by atoms with E-state index in [4.69, 9.17) is 5.11 Å². The molecule has 0 rings (SSSR count). The highest BCUT2D eigenvalue weighted by molar-refractivity contribution is 5.81. The van der Waals surface area contributed by atoms with Crippen molar-refractivity contribution in [2.45, 2.75) is 25.5 Å². The van der Waals surface area contributed by atoms with E-state index in [9.17, 15) is 14.7 Å². The first-order valence-electron chi connectivity index (χ1n) is 4.28. The van der Waals surface area contributed by atoms with Crippen LogP contribution in [0, 0.1) is 0 Å². The zero-order chi connectivity index (χ0) is 12.1. The second-order valence-electron chi connectivity index (χ2n) is 3.46. The van der Waals surface area contributed by atoms with Crippen molar-refractivity contribution < 1.29 is 24.5 Å². The van der Waals surface area contributed by atoms with Gasteiger partial charge in [-0.2, -0.15) is 0 Å². The van der Waals surface area contributed by atoms with Crippen molar-refractivity contribution in [3.05, 3.63) is 12.7 Å². The molecule has 86 valence electrons. The predicted octanol–water partition coefficient (Wildman–Crippen LogP) is 0.123. The van der Waals surface area contributed by atoms with Crippen molar-refractivity contribution in [3.8, 4) is 0 Å². The molecule has 0 aliphatic heterocycles. The van der Waals surface area contributed by atoms with Gasteiger partial charge in [-0.25, -0.2) is 9.59 Å². The standard InChI is InChI=1S/C9H15NO5/c1-4-5-15-8(13)10-6(7(11)12)9(2,3)14/h4,6,14H,1,5H2,2-3H3,(H,10,13)(H,11,12)/t6-/m0/s1. The number of aliphatic hydroxyl groups is 1. The lowest BCUT2D eigenvalue weighted by Crippen LogP contribution is -2.54. The molecule has 0 aromatic carbocycles. The molecule has 1 amide bonds. The van der Waals surface area contributed by atoms with Gasteiger partial charge < -0.3 is 20.3 Å². The third-order valence-electron chi connectivity index (χ3n) is 1.55. The number of hydrogen-bond acceptors (Lipinski definition) is 4.